The Morgan fingerprint density at radius 3 is 1.57 bits per heavy atom. The molecular weight excluding hydrogens is 418 g/mol. The van der Waals surface area contributed by atoms with Gasteiger partial charge in [-0.3, -0.25) is 0 Å². The first-order chi connectivity index (χ1) is 13.9. The summed E-state index contributed by atoms with van der Waals surface area (Å²) in [5.74, 6) is 0. The van der Waals surface area contributed by atoms with Gasteiger partial charge in [-0.1, -0.05) is 65.9 Å². The van der Waals surface area contributed by atoms with Gasteiger partial charge < -0.3 is 0 Å². The van der Waals surface area contributed by atoms with E-state index in [9.17, 15) is 0 Å². The first kappa shape index (κ1) is 25.9. The summed E-state index contributed by atoms with van der Waals surface area (Å²) in [5.41, 5.74) is 2.81. The predicted molar refractivity (Wildman–Crippen MR) is 148 cm³/mol. The van der Waals surface area contributed by atoms with Crippen molar-refractivity contribution in [1.29, 1.82) is 0 Å². The second-order valence-electron chi connectivity index (χ2n) is 10.2. The lowest BCUT2D eigenvalue weighted by Gasteiger charge is -2.41. The Bertz CT molecular complexity index is 820. The van der Waals surface area contributed by atoms with Gasteiger partial charge in [0.2, 0.25) is 0 Å². The van der Waals surface area contributed by atoms with Gasteiger partial charge >= 0.3 is 0 Å². The molecule has 2 aromatic rings. The van der Waals surface area contributed by atoms with Crippen molar-refractivity contribution in [3.63, 3.8) is 0 Å². The van der Waals surface area contributed by atoms with Crippen molar-refractivity contribution in [3.05, 3.63) is 48.5 Å². The largest absolute Gasteiger partial charge is 0.189 e. The van der Waals surface area contributed by atoms with Gasteiger partial charge in [0.05, 0.1) is 25.2 Å². The van der Waals surface area contributed by atoms with Crippen LogP contribution >= 0.6 is 25.2 Å². The predicted octanol–water partition coefficient (Wildman–Crippen LogP) is 8.18. The highest BCUT2D eigenvalue weighted by molar-refractivity contribution is 8.33. The Balaban J connectivity index is 2.77. The Morgan fingerprint density at radius 1 is 0.667 bits per heavy atom. The van der Waals surface area contributed by atoms with Crippen LogP contribution in [0.2, 0.25) is 0 Å². The zero-order chi connectivity index (χ0) is 22.9. The molecule has 2 rings (SSSR count). The Kier molecular flexibility index (Phi) is 8.69. The van der Waals surface area contributed by atoms with Crippen LogP contribution in [0.5, 0.6) is 0 Å². The molecule has 0 saturated carbocycles. The first-order valence-electron chi connectivity index (χ1n) is 11.4. The van der Waals surface area contributed by atoms with Gasteiger partial charge in [0.15, 0.2) is 0 Å². The molecule has 0 saturated heterocycles. The molecule has 0 aliphatic heterocycles. The van der Waals surface area contributed by atoms with Gasteiger partial charge in [0.25, 0.3) is 0 Å². The van der Waals surface area contributed by atoms with E-state index in [1.54, 1.807) is 20.4 Å². The topological polar surface area (TPSA) is 0 Å². The number of rotatable bonds is 8. The molecule has 2 aromatic carbocycles. The summed E-state index contributed by atoms with van der Waals surface area (Å²) in [7, 11) is -2.57. The van der Waals surface area contributed by atoms with E-state index < -0.39 is 17.3 Å². The fourth-order valence-electron chi connectivity index (χ4n) is 4.81. The molecule has 3 heteroatoms. The van der Waals surface area contributed by atoms with Crippen molar-refractivity contribution in [2.75, 3.05) is 19.2 Å². The van der Waals surface area contributed by atoms with Gasteiger partial charge in [-0.15, -0.1) is 0 Å². The minimum Gasteiger partial charge on any atom is -0.189 e. The van der Waals surface area contributed by atoms with E-state index >= 15 is 0 Å². The second-order valence-corrected chi connectivity index (χ2v) is 21.9. The van der Waals surface area contributed by atoms with Crippen molar-refractivity contribution in [1.82, 2.24) is 0 Å². The molecule has 0 amide bonds. The van der Waals surface area contributed by atoms with Crippen molar-refractivity contribution in [3.8, 4) is 0 Å². The Morgan fingerprint density at radius 2 is 1.10 bits per heavy atom. The highest BCUT2D eigenvalue weighted by atomic mass is 32.3. The zero-order valence-corrected chi connectivity index (χ0v) is 23.8. The molecule has 0 bridgehead atoms. The molecule has 0 radical (unpaired) electrons. The molecule has 0 aliphatic carbocycles. The van der Waals surface area contributed by atoms with Crippen molar-refractivity contribution < 1.29 is 0 Å². The SMILES string of the molecule is CC(C)P(c1ccccc1S(C)(C)c1ccccc1[P+](C)(C(C)C)C(C)C)C(C)C. The third kappa shape index (κ3) is 4.85. The van der Waals surface area contributed by atoms with Gasteiger partial charge in [0.1, 0.15) is 5.30 Å². The molecule has 0 spiro atoms. The van der Waals surface area contributed by atoms with Crippen LogP contribution in [-0.2, 0) is 0 Å². The zero-order valence-electron chi connectivity index (χ0n) is 21.2. The average molecular weight is 464 g/mol. The minimum atomic E-state index is -1.27. The summed E-state index contributed by atoms with van der Waals surface area (Å²) in [6.07, 6.45) is 5.09. The van der Waals surface area contributed by atoms with Crippen molar-refractivity contribution in [2.45, 2.75) is 87.8 Å². The third-order valence-corrected chi connectivity index (χ3v) is 19.0. The van der Waals surface area contributed by atoms with E-state index in [0.717, 1.165) is 0 Å². The normalized spacial score (nSPS) is 13.9. The molecule has 0 aromatic heterocycles. The lowest BCUT2D eigenvalue weighted by atomic mass is 10.4. The maximum atomic E-state index is 2.59. The summed E-state index contributed by atoms with van der Waals surface area (Å²) in [6.45, 7) is 22.0. The van der Waals surface area contributed by atoms with Crippen LogP contribution in [-0.4, -0.2) is 41.8 Å². The highest BCUT2D eigenvalue weighted by Gasteiger charge is 2.45. The van der Waals surface area contributed by atoms with E-state index in [0.29, 0.717) is 22.6 Å². The lowest BCUT2D eigenvalue weighted by molar-refractivity contribution is 0.996. The van der Waals surface area contributed by atoms with E-state index in [1.165, 1.54) is 0 Å². The molecule has 0 aliphatic rings. The Labute approximate surface area is 191 Å². The van der Waals surface area contributed by atoms with Crippen LogP contribution in [0.15, 0.2) is 58.3 Å². The minimum absolute atomic E-state index is 0.182. The Hall–Kier alpha value is -0.350. The molecule has 0 fully saturated rings. The first-order valence-corrected chi connectivity index (χ1v) is 17.7. The molecular formula is C27H45P2S+. The summed E-state index contributed by atoms with van der Waals surface area (Å²) in [6, 6.07) is 18.9. The monoisotopic (exact) mass is 463 g/mol. The molecule has 0 unspecified atom stereocenters. The fraction of sp³-hybridized carbons (Fsp3) is 0.556. The summed E-state index contributed by atoms with van der Waals surface area (Å²) in [4.78, 5) is 3.24. The van der Waals surface area contributed by atoms with Crippen LogP contribution in [0.1, 0.15) is 55.4 Å². The van der Waals surface area contributed by atoms with Crippen LogP contribution < -0.4 is 10.6 Å². The standard InChI is InChI=1S/C27H45P2S/c1-20(2)28(21(3)4)24-16-12-14-18-26(24)30(10,11)27-19-15-13-17-25(27)29(9,22(5)6)23(7)8/h12-23H,1-11H3/q+1. The number of hydrogen-bond donors (Lipinski definition) is 0. The van der Waals surface area contributed by atoms with E-state index in [-0.39, 0.29) is 7.92 Å². The van der Waals surface area contributed by atoms with E-state index in [4.69, 9.17) is 0 Å². The van der Waals surface area contributed by atoms with E-state index in [1.807, 2.05) is 0 Å². The van der Waals surface area contributed by atoms with Crippen LogP contribution in [0.3, 0.4) is 0 Å². The van der Waals surface area contributed by atoms with Gasteiger partial charge in [-0.25, -0.2) is 0 Å². The quantitative estimate of drug-likeness (QED) is 0.346. The van der Waals surface area contributed by atoms with E-state index in [2.05, 4.69) is 123 Å². The summed E-state index contributed by atoms with van der Waals surface area (Å²) < 4.78 is 0. The summed E-state index contributed by atoms with van der Waals surface area (Å²) >= 11 is 0. The molecule has 30 heavy (non-hydrogen) atoms. The maximum absolute atomic E-state index is 2.59. The van der Waals surface area contributed by atoms with Gasteiger partial charge in [-0.2, -0.15) is 10.0 Å². The van der Waals surface area contributed by atoms with Gasteiger partial charge in [0, 0.05) is 9.79 Å². The van der Waals surface area contributed by atoms with Crippen molar-refractivity contribution >= 4 is 35.8 Å². The smallest absolute Gasteiger partial charge is 0.106 e. The number of benzene rings is 2. The van der Waals surface area contributed by atoms with Crippen LogP contribution in [0.4, 0.5) is 0 Å². The molecule has 168 valence electrons. The van der Waals surface area contributed by atoms with Gasteiger partial charge in [-0.05, 0) is 75.0 Å². The molecule has 0 heterocycles. The molecule has 0 nitrogen and oxygen atoms in total. The van der Waals surface area contributed by atoms with Crippen LogP contribution in [0, 0.1) is 0 Å². The fourth-order valence-corrected chi connectivity index (χ4v) is 15.5. The molecule has 0 N–H and O–H groups in total. The molecule has 0 atom stereocenters. The highest BCUT2D eigenvalue weighted by Crippen LogP contribution is 2.67. The number of hydrogen-bond acceptors (Lipinski definition) is 0. The second kappa shape index (κ2) is 10.1. The third-order valence-electron chi connectivity index (χ3n) is 6.89. The van der Waals surface area contributed by atoms with Crippen LogP contribution in [0.25, 0.3) is 0 Å². The average Bonchev–Trinajstić information content (AvgIpc) is 2.66. The summed E-state index contributed by atoms with van der Waals surface area (Å²) in [5, 5.41) is 3.31. The van der Waals surface area contributed by atoms with Crippen molar-refractivity contribution in [2.24, 2.45) is 0 Å². The lowest BCUT2D eigenvalue weighted by Crippen LogP contribution is -2.29. The maximum Gasteiger partial charge on any atom is 0.106 e.